The number of nitrogens with zero attached hydrogens (tertiary/aromatic N) is 1. The zero-order valence-corrected chi connectivity index (χ0v) is 16.2. The summed E-state index contributed by atoms with van der Waals surface area (Å²) in [7, 11) is 0. The molecule has 1 unspecified atom stereocenters. The molecule has 4 heteroatoms. The minimum absolute atomic E-state index is 0.631. The van der Waals surface area contributed by atoms with Crippen LogP contribution in [-0.4, -0.2) is 29.6 Å². The summed E-state index contributed by atoms with van der Waals surface area (Å²) in [6.07, 6.45) is 4.63. The Bertz CT molecular complexity index is 706. The number of benzene rings is 2. The van der Waals surface area contributed by atoms with Gasteiger partial charge in [0.25, 0.3) is 0 Å². The maximum Gasteiger partial charge on any atom is 0.0880 e. The van der Waals surface area contributed by atoms with Crippen LogP contribution in [0.3, 0.4) is 0 Å². The molecule has 1 N–H and O–H groups in total. The monoisotopic (exact) mass is 377 g/mol. The van der Waals surface area contributed by atoms with Crippen molar-refractivity contribution < 1.29 is 5.11 Å². The van der Waals surface area contributed by atoms with Crippen molar-refractivity contribution in [2.24, 2.45) is 0 Å². The lowest BCUT2D eigenvalue weighted by atomic mass is 9.90. The van der Waals surface area contributed by atoms with Crippen LogP contribution in [0.1, 0.15) is 38.2 Å². The van der Waals surface area contributed by atoms with Crippen molar-refractivity contribution in [1.29, 1.82) is 0 Å². The quantitative estimate of drug-likeness (QED) is 0.717. The van der Waals surface area contributed by atoms with Gasteiger partial charge in [-0.05, 0) is 62.5 Å². The first-order valence-corrected chi connectivity index (χ1v) is 9.72. The SMILES string of the molecule is CC(O)(CCN1CCCCC1)c1ccc(-c2ccc(Cl)cc2Cl)cc1. The van der Waals surface area contributed by atoms with Crippen molar-refractivity contribution in [2.75, 3.05) is 19.6 Å². The van der Waals surface area contributed by atoms with E-state index in [0.29, 0.717) is 10.0 Å². The van der Waals surface area contributed by atoms with E-state index in [4.69, 9.17) is 23.2 Å². The summed E-state index contributed by atoms with van der Waals surface area (Å²) in [4.78, 5) is 2.46. The van der Waals surface area contributed by atoms with E-state index in [1.54, 1.807) is 6.07 Å². The summed E-state index contributed by atoms with van der Waals surface area (Å²) in [5.41, 5.74) is 2.10. The molecule has 1 atom stereocenters. The second-order valence-electron chi connectivity index (χ2n) is 7.13. The van der Waals surface area contributed by atoms with Crippen LogP contribution in [0, 0.1) is 0 Å². The number of piperidine rings is 1. The molecule has 2 aromatic rings. The van der Waals surface area contributed by atoms with Crippen molar-refractivity contribution in [1.82, 2.24) is 4.90 Å². The third-order valence-corrected chi connectivity index (χ3v) is 5.66. The Kier molecular flexibility index (Phi) is 6.06. The number of aliphatic hydroxyl groups is 1. The van der Waals surface area contributed by atoms with Crippen LogP contribution in [0.2, 0.25) is 10.0 Å². The standard InChI is InChI=1S/C21H25Cl2NO/c1-21(25,11-14-24-12-3-2-4-13-24)17-7-5-16(6-8-17)19-10-9-18(22)15-20(19)23/h5-10,15,25H,2-4,11-14H2,1H3. The molecule has 0 saturated carbocycles. The first kappa shape index (κ1) is 18.7. The maximum absolute atomic E-state index is 10.9. The van der Waals surface area contributed by atoms with Gasteiger partial charge in [0.05, 0.1) is 5.60 Å². The molecule has 1 heterocycles. The first-order valence-electron chi connectivity index (χ1n) is 8.96. The molecule has 134 valence electrons. The Labute approximate surface area is 160 Å². The molecule has 2 nitrogen and oxygen atoms in total. The molecule has 0 aliphatic carbocycles. The fraction of sp³-hybridized carbons (Fsp3) is 0.429. The highest BCUT2D eigenvalue weighted by Crippen LogP contribution is 2.32. The smallest absolute Gasteiger partial charge is 0.0880 e. The Balaban J connectivity index is 1.69. The second kappa shape index (κ2) is 8.09. The Hall–Kier alpha value is -1.06. The summed E-state index contributed by atoms with van der Waals surface area (Å²) in [5.74, 6) is 0. The Morgan fingerprint density at radius 1 is 1.00 bits per heavy atom. The molecule has 2 aromatic carbocycles. The molecule has 0 radical (unpaired) electrons. The lowest BCUT2D eigenvalue weighted by molar-refractivity contribution is 0.0337. The molecular weight excluding hydrogens is 353 g/mol. The molecule has 25 heavy (non-hydrogen) atoms. The normalized spacial score (nSPS) is 18.1. The van der Waals surface area contributed by atoms with Crippen LogP contribution in [0.15, 0.2) is 42.5 Å². The molecule has 1 aliphatic heterocycles. The number of hydrogen-bond acceptors (Lipinski definition) is 2. The fourth-order valence-electron chi connectivity index (χ4n) is 3.44. The first-order chi connectivity index (χ1) is 12.0. The lowest BCUT2D eigenvalue weighted by Crippen LogP contribution is -2.34. The number of halogens is 2. The van der Waals surface area contributed by atoms with Gasteiger partial charge in [-0.15, -0.1) is 0 Å². The summed E-state index contributed by atoms with van der Waals surface area (Å²) >= 11 is 12.3. The molecule has 1 aliphatic rings. The van der Waals surface area contributed by atoms with E-state index in [2.05, 4.69) is 4.90 Å². The van der Waals surface area contributed by atoms with Gasteiger partial charge in [-0.3, -0.25) is 0 Å². The molecule has 1 fully saturated rings. The van der Waals surface area contributed by atoms with E-state index < -0.39 is 5.60 Å². The summed E-state index contributed by atoms with van der Waals surface area (Å²) in [6, 6.07) is 13.5. The highest BCUT2D eigenvalue weighted by molar-refractivity contribution is 6.36. The van der Waals surface area contributed by atoms with Gasteiger partial charge in [0.2, 0.25) is 0 Å². The molecule has 0 aromatic heterocycles. The van der Waals surface area contributed by atoms with Crippen LogP contribution in [0.5, 0.6) is 0 Å². The molecular formula is C21H25Cl2NO. The molecule has 3 rings (SSSR count). The van der Waals surface area contributed by atoms with Crippen molar-refractivity contribution in [3.8, 4) is 11.1 Å². The van der Waals surface area contributed by atoms with Crippen molar-refractivity contribution in [3.05, 3.63) is 58.1 Å². The van der Waals surface area contributed by atoms with E-state index in [-0.39, 0.29) is 0 Å². The summed E-state index contributed by atoms with van der Waals surface area (Å²) in [5, 5.41) is 12.2. The van der Waals surface area contributed by atoms with E-state index in [1.807, 2.05) is 43.3 Å². The van der Waals surface area contributed by atoms with Gasteiger partial charge >= 0.3 is 0 Å². The zero-order chi connectivity index (χ0) is 17.9. The van der Waals surface area contributed by atoms with Crippen LogP contribution in [0.25, 0.3) is 11.1 Å². The van der Waals surface area contributed by atoms with Gasteiger partial charge in [-0.2, -0.15) is 0 Å². The van der Waals surface area contributed by atoms with E-state index in [1.165, 1.54) is 19.3 Å². The minimum atomic E-state index is -0.820. The van der Waals surface area contributed by atoms with Crippen molar-refractivity contribution >= 4 is 23.2 Å². The largest absolute Gasteiger partial charge is 0.385 e. The van der Waals surface area contributed by atoms with E-state index in [9.17, 15) is 5.11 Å². The number of rotatable bonds is 5. The van der Waals surface area contributed by atoms with Gasteiger partial charge in [0, 0.05) is 22.2 Å². The van der Waals surface area contributed by atoms with Gasteiger partial charge in [0.1, 0.15) is 0 Å². The molecule has 1 saturated heterocycles. The summed E-state index contributed by atoms with van der Waals surface area (Å²) in [6.45, 7) is 5.16. The highest BCUT2D eigenvalue weighted by Gasteiger charge is 2.24. The topological polar surface area (TPSA) is 23.5 Å². The average molecular weight is 378 g/mol. The van der Waals surface area contributed by atoms with E-state index in [0.717, 1.165) is 42.7 Å². The molecule has 0 bridgehead atoms. The van der Waals surface area contributed by atoms with Crippen LogP contribution < -0.4 is 0 Å². The number of hydrogen-bond donors (Lipinski definition) is 1. The third-order valence-electron chi connectivity index (χ3n) is 5.11. The Morgan fingerprint density at radius 3 is 2.32 bits per heavy atom. The minimum Gasteiger partial charge on any atom is -0.385 e. The third kappa shape index (κ3) is 4.77. The van der Waals surface area contributed by atoms with Crippen LogP contribution >= 0.6 is 23.2 Å². The predicted octanol–water partition coefficient (Wildman–Crippen LogP) is 5.74. The number of likely N-dealkylation sites (tertiary alicyclic amines) is 1. The molecule has 0 spiro atoms. The van der Waals surface area contributed by atoms with Gasteiger partial charge < -0.3 is 10.0 Å². The van der Waals surface area contributed by atoms with Crippen molar-refractivity contribution in [3.63, 3.8) is 0 Å². The molecule has 0 amide bonds. The van der Waals surface area contributed by atoms with Crippen molar-refractivity contribution in [2.45, 2.75) is 38.2 Å². The Morgan fingerprint density at radius 2 is 1.68 bits per heavy atom. The predicted molar refractivity (Wildman–Crippen MR) is 106 cm³/mol. The maximum atomic E-state index is 10.9. The zero-order valence-electron chi connectivity index (χ0n) is 14.6. The summed E-state index contributed by atoms with van der Waals surface area (Å²) < 4.78 is 0. The van der Waals surface area contributed by atoms with Gasteiger partial charge in [-0.1, -0.05) is 60.0 Å². The lowest BCUT2D eigenvalue weighted by Gasteiger charge is -2.31. The van der Waals surface area contributed by atoms with E-state index >= 15 is 0 Å². The average Bonchev–Trinajstić information content (AvgIpc) is 2.61. The van der Waals surface area contributed by atoms with Gasteiger partial charge in [0.15, 0.2) is 0 Å². The van der Waals surface area contributed by atoms with Crippen LogP contribution in [0.4, 0.5) is 0 Å². The fourth-order valence-corrected chi connectivity index (χ4v) is 3.95. The highest BCUT2D eigenvalue weighted by atomic mass is 35.5. The van der Waals surface area contributed by atoms with Gasteiger partial charge in [-0.25, -0.2) is 0 Å². The second-order valence-corrected chi connectivity index (χ2v) is 7.97. The van der Waals surface area contributed by atoms with Crippen LogP contribution in [-0.2, 0) is 5.60 Å².